The van der Waals surface area contributed by atoms with Crippen LogP contribution in [-0.4, -0.2) is 17.4 Å². The fourth-order valence-corrected chi connectivity index (χ4v) is 0.826. The second-order valence-electron chi connectivity index (χ2n) is 2.34. The molecule has 0 aliphatic rings. The van der Waals surface area contributed by atoms with Gasteiger partial charge in [0.05, 0.1) is 6.20 Å². The summed E-state index contributed by atoms with van der Waals surface area (Å²) in [4.78, 5) is 14.4. The van der Waals surface area contributed by atoms with E-state index >= 15 is 0 Å². The van der Waals surface area contributed by atoms with E-state index in [1.54, 1.807) is 6.92 Å². The van der Waals surface area contributed by atoms with Crippen LogP contribution in [0.5, 0.6) is 0 Å². The van der Waals surface area contributed by atoms with Crippen molar-refractivity contribution in [2.24, 2.45) is 0 Å². The molecule has 1 aromatic rings. The van der Waals surface area contributed by atoms with Crippen LogP contribution in [0.1, 0.15) is 17.4 Å². The van der Waals surface area contributed by atoms with Gasteiger partial charge in [-0.3, -0.25) is 4.79 Å². The molecule has 1 heterocycles. The first-order valence-corrected chi connectivity index (χ1v) is 3.74. The van der Waals surface area contributed by atoms with Gasteiger partial charge in [-0.2, -0.15) is 0 Å². The minimum absolute atomic E-state index is 0.372. The zero-order valence-electron chi connectivity index (χ0n) is 6.97. The highest BCUT2D eigenvalue weighted by Crippen LogP contribution is 2.05. The standard InChI is InChI=1S/C8H8F2N2O/c1-2-11-8(13)7-6(10)3-5(9)4-12-7/h3-4H,2H2,1H3,(H,11,13). The second-order valence-corrected chi connectivity index (χ2v) is 2.34. The fraction of sp³-hybridized carbons (Fsp3) is 0.250. The number of halogens is 2. The summed E-state index contributed by atoms with van der Waals surface area (Å²) in [6, 6.07) is 0.623. The molecule has 0 unspecified atom stereocenters. The maximum Gasteiger partial charge on any atom is 0.272 e. The molecule has 0 aliphatic heterocycles. The first kappa shape index (κ1) is 9.57. The quantitative estimate of drug-likeness (QED) is 0.751. The lowest BCUT2D eigenvalue weighted by atomic mass is 10.3. The Morgan fingerprint density at radius 2 is 2.31 bits per heavy atom. The van der Waals surface area contributed by atoms with Gasteiger partial charge in [0.15, 0.2) is 11.5 Å². The summed E-state index contributed by atoms with van der Waals surface area (Å²) in [5.74, 6) is -2.39. The average molecular weight is 186 g/mol. The molecular weight excluding hydrogens is 178 g/mol. The minimum Gasteiger partial charge on any atom is -0.351 e. The first-order chi connectivity index (χ1) is 6.15. The topological polar surface area (TPSA) is 42.0 Å². The van der Waals surface area contributed by atoms with Crippen LogP contribution in [0.4, 0.5) is 8.78 Å². The van der Waals surface area contributed by atoms with Gasteiger partial charge in [-0.25, -0.2) is 13.8 Å². The monoisotopic (exact) mass is 186 g/mol. The van der Waals surface area contributed by atoms with E-state index in [1.165, 1.54) is 0 Å². The SMILES string of the molecule is CCNC(=O)c1ncc(F)cc1F. The smallest absolute Gasteiger partial charge is 0.272 e. The molecule has 1 N–H and O–H groups in total. The Balaban J connectivity index is 2.95. The van der Waals surface area contributed by atoms with Crippen molar-refractivity contribution in [3.63, 3.8) is 0 Å². The van der Waals surface area contributed by atoms with Crippen molar-refractivity contribution < 1.29 is 13.6 Å². The number of aromatic nitrogens is 1. The molecule has 0 fully saturated rings. The summed E-state index contributed by atoms with van der Waals surface area (Å²) in [5, 5.41) is 2.36. The van der Waals surface area contributed by atoms with Crippen LogP contribution in [0, 0.1) is 11.6 Å². The van der Waals surface area contributed by atoms with E-state index in [1.807, 2.05) is 0 Å². The normalized spacial score (nSPS) is 9.77. The van der Waals surface area contributed by atoms with Crippen molar-refractivity contribution in [1.82, 2.24) is 10.3 Å². The Morgan fingerprint density at radius 3 is 2.85 bits per heavy atom. The number of nitrogens with zero attached hydrogens (tertiary/aromatic N) is 1. The zero-order chi connectivity index (χ0) is 9.84. The minimum atomic E-state index is -0.953. The Kier molecular flexibility index (Phi) is 2.89. The van der Waals surface area contributed by atoms with Crippen LogP contribution in [0.2, 0.25) is 0 Å². The molecule has 0 saturated carbocycles. The number of hydrogen-bond donors (Lipinski definition) is 1. The van der Waals surface area contributed by atoms with E-state index in [9.17, 15) is 13.6 Å². The molecular formula is C8H8F2N2O. The lowest BCUT2D eigenvalue weighted by Crippen LogP contribution is -2.24. The van der Waals surface area contributed by atoms with E-state index in [2.05, 4.69) is 10.3 Å². The van der Waals surface area contributed by atoms with Crippen molar-refractivity contribution in [1.29, 1.82) is 0 Å². The van der Waals surface area contributed by atoms with Crippen LogP contribution in [0.25, 0.3) is 0 Å². The number of carbonyl (C=O) groups is 1. The van der Waals surface area contributed by atoms with Gasteiger partial charge >= 0.3 is 0 Å². The number of pyridine rings is 1. The Bertz CT molecular complexity index is 328. The van der Waals surface area contributed by atoms with Gasteiger partial charge in [0, 0.05) is 12.6 Å². The molecule has 3 nitrogen and oxygen atoms in total. The molecule has 5 heteroatoms. The Hall–Kier alpha value is -1.52. The maximum atomic E-state index is 12.9. The molecule has 0 aromatic carbocycles. The molecule has 0 aliphatic carbocycles. The highest BCUT2D eigenvalue weighted by Gasteiger charge is 2.12. The molecule has 0 atom stereocenters. The molecule has 0 bridgehead atoms. The van der Waals surface area contributed by atoms with Crippen LogP contribution in [0.3, 0.4) is 0 Å². The van der Waals surface area contributed by atoms with Gasteiger partial charge in [-0.15, -0.1) is 0 Å². The predicted octanol–water partition coefficient (Wildman–Crippen LogP) is 1.11. The van der Waals surface area contributed by atoms with Gasteiger partial charge in [0.25, 0.3) is 5.91 Å². The highest BCUT2D eigenvalue weighted by molar-refractivity contribution is 5.92. The van der Waals surface area contributed by atoms with Crippen LogP contribution in [-0.2, 0) is 0 Å². The summed E-state index contributed by atoms with van der Waals surface area (Å²) < 4.78 is 25.2. The predicted molar refractivity (Wildman–Crippen MR) is 42.2 cm³/mol. The average Bonchev–Trinajstić information content (AvgIpc) is 2.04. The summed E-state index contributed by atoms with van der Waals surface area (Å²) in [7, 11) is 0. The molecule has 70 valence electrons. The van der Waals surface area contributed by atoms with Gasteiger partial charge in [-0.1, -0.05) is 0 Å². The summed E-state index contributed by atoms with van der Waals surface area (Å²) in [6.07, 6.45) is 0.799. The zero-order valence-corrected chi connectivity index (χ0v) is 6.97. The van der Waals surface area contributed by atoms with Crippen LogP contribution < -0.4 is 5.32 Å². The number of hydrogen-bond acceptors (Lipinski definition) is 2. The maximum absolute atomic E-state index is 12.9. The number of rotatable bonds is 2. The van der Waals surface area contributed by atoms with Crippen molar-refractivity contribution >= 4 is 5.91 Å². The molecule has 0 saturated heterocycles. The lowest BCUT2D eigenvalue weighted by molar-refractivity contribution is 0.0946. The number of nitrogens with one attached hydrogen (secondary N) is 1. The lowest BCUT2D eigenvalue weighted by Gasteiger charge is -2.01. The van der Waals surface area contributed by atoms with Gasteiger partial charge < -0.3 is 5.32 Å². The van der Waals surface area contributed by atoms with Crippen LogP contribution >= 0.6 is 0 Å². The molecule has 1 aromatic heterocycles. The fourth-order valence-electron chi connectivity index (χ4n) is 0.826. The molecule has 13 heavy (non-hydrogen) atoms. The Labute approximate surface area is 73.8 Å². The number of carbonyl (C=O) groups excluding carboxylic acids is 1. The van der Waals surface area contributed by atoms with E-state index in [0.717, 1.165) is 6.20 Å². The largest absolute Gasteiger partial charge is 0.351 e. The van der Waals surface area contributed by atoms with E-state index in [-0.39, 0.29) is 5.69 Å². The van der Waals surface area contributed by atoms with Crippen molar-refractivity contribution in [3.8, 4) is 0 Å². The van der Waals surface area contributed by atoms with Crippen molar-refractivity contribution in [2.75, 3.05) is 6.54 Å². The first-order valence-electron chi connectivity index (χ1n) is 3.74. The van der Waals surface area contributed by atoms with E-state index in [0.29, 0.717) is 12.6 Å². The summed E-state index contributed by atoms with van der Waals surface area (Å²) >= 11 is 0. The van der Waals surface area contributed by atoms with E-state index in [4.69, 9.17) is 0 Å². The molecule has 1 rings (SSSR count). The van der Waals surface area contributed by atoms with Crippen molar-refractivity contribution in [2.45, 2.75) is 6.92 Å². The third kappa shape index (κ3) is 2.21. The van der Waals surface area contributed by atoms with Gasteiger partial charge in [-0.05, 0) is 6.92 Å². The molecule has 1 amide bonds. The molecule has 0 spiro atoms. The summed E-state index contributed by atoms with van der Waals surface area (Å²) in [5.41, 5.74) is -0.386. The third-order valence-corrected chi connectivity index (χ3v) is 1.36. The van der Waals surface area contributed by atoms with Gasteiger partial charge in [0.2, 0.25) is 0 Å². The molecule has 0 radical (unpaired) electrons. The van der Waals surface area contributed by atoms with E-state index < -0.39 is 17.5 Å². The second kappa shape index (κ2) is 3.93. The Morgan fingerprint density at radius 1 is 1.62 bits per heavy atom. The third-order valence-electron chi connectivity index (χ3n) is 1.36. The highest BCUT2D eigenvalue weighted by atomic mass is 19.1. The van der Waals surface area contributed by atoms with Crippen LogP contribution in [0.15, 0.2) is 12.3 Å². The number of amides is 1. The summed E-state index contributed by atoms with van der Waals surface area (Å²) in [6.45, 7) is 2.07. The van der Waals surface area contributed by atoms with Gasteiger partial charge in [0.1, 0.15) is 5.82 Å². The van der Waals surface area contributed by atoms with Crippen molar-refractivity contribution in [3.05, 3.63) is 29.6 Å².